The van der Waals surface area contributed by atoms with Crippen LogP contribution in [-0.4, -0.2) is 15.0 Å². The number of hydrogen-bond donors (Lipinski definition) is 0. The summed E-state index contributed by atoms with van der Waals surface area (Å²) in [7, 11) is 0. The minimum Gasteiger partial charge on any atom is -0.208 e. The number of nitrogens with zero attached hydrogens (tertiary/aromatic N) is 3. The molecular weight excluding hydrogens is 607 g/mol. The molecule has 3 nitrogen and oxygen atoms in total. The molecular formula is C47H31N3. The maximum Gasteiger partial charge on any atom is 0.164 e. The molecule has 0 saturated heterocycles. The highest BCUT2D eigenvalue weighted by Gasteiger charge is 2.19. The minimum atomic E-state index is 0.634. The van der Waals surface area contributed by atoms with Crippen LogP contribution in [0.2, 0.25) is 0 Å². The van der Waals surface area contributed by atoms with E-state index in [1.165, 1.54) is 27.3 Å². The number of aromatic nitrogens is 3. The average Bonchev–Trinajstić information content (AvgIpc) is 3.21. The van der Waals surface area contributed by atoms with Gasteiger partial charge in [0, 0.05) is 22.3 Å². The van der Waals surface area contributed by atoms with E-state index in [-0.39, 0.29) is 0 Å². The fourth-order valence-electron chi connectivity index (χ4n) is 6.79. The zero-order chi connectivity index (χ0) is 33.3. The topological polar surface area (TPSA) is 38.7 Å². The van der Waals surface area contributed by atoms with E-state index >= 15 is 0 Å². The third kappa shape index (κ3) is 5.61. The Labute approximate surface area is 291 Å². The first-order chi connectivity index (χ1) is 24.8. The molecule has 0 amide bonds. The van der Waals surface area contributed by atoms with Gasteiger partial charge in [-0.3, -0.25) is 0 Å². The first-order valence-electron chi connectivity index (χ1n) is 16.9. The van der Waals surface area contributed by atoms with Gasteiger partial charge >= 0.3 is 0 Å². The van der Waals surface area contributed by atoms with Crippen LogP contribution in [0.15, 0.2) is 188 Å². The summed E-state index contributed by atoms with van der Waals surface area (Å²) in [5.74, 6) is 1.91. The predicted octanol–water partition coefficient (Wildman–Crippen LogP) is 12.2. The summed E-state index contributed by atoms with van der Waals surface area (Å²) >= 11 is 0. The summed E-state index contributed by atoms with van der Waals surface area (Å²) in [6.07, 6.45) is 0. The number of benzene rings is 8. The van der Waals surface area contributed by atoms with Gasteiger partial charge in [-0.1, -0.05) is 170 Å². The molecule has 3 heteroatoms. The summed E-state index contributed by atoms with van der Waals surface area (Å²) in [4.78, 5) is 15.4. The first-order valence-corrected chi connectivity index (χ1v) is 16.9. The van der Waals surface area contributed by atoms with Crippen molar-refractivity contribution in [3.8, 4) is 67.5 Å². The number of rotatable bonds is 6. The Morgan fingerprint density at radius 2 is 0.700 bits per heavy atom. The highest BCUT2D eigenvalue weighted by Crippen LogP contribution is 2.40. The molecule has 0 bridgehead atoms. The van der Waals surface area contributed by atoms with Crippen LogP contribution in [0.1, 0.15) is 0 Å². The maximum atomic E-state index is 5.22. The van der Waals surface area contributed by atoms with Gasteiger partial charge in [0.15, 0.2) is 17.5 Å². The molecule has 0 radical (unpaired) electrons. The van der Waals surface area contributed by atoms with Gasteiger partial charge in [-0.15, -0.1) is 0 Å². The van der Waals surface area contributed by atoms with E-state index in [1.807, 2.05) is 24.3 Å². The van der Waals surface area contributed by atoms with Gasteiger partial charge in [-0.05, 0) is 67.6 Å². The van der Waals surface area contributed by atoms with E-state index in [9.17, 15) is 0 Å². The second-order valence-corrected chi connectivity index (χ2v) is 12.5. The lowest BCUT2D eigenvalue weighted by atomic mass is 9.89. The van der Waals surface area contributed by atoms with E-state index in [2.05, 4.69) is 164 Å². The normalized spacial score (nSPS) is 11.2. The fourth-order valence-corrected chi connectivity index (χ4v) is 6.79. The largest absolute Gasteiger partial charge is 0.208 e. The lowest BCUT2D eigenvalue weighted by molar-refractivity contribution is 1.07. The smallest absolute Gasteiger partial charge is 0.164 e. The van der Waals surface area contributed by atoms with Crippen LogP contribution >= 0.6 is 0 Å². The molecule has 0 fully saturated rings. The van der Waals surface area contributed by atoms with Crippen molar-refractivity contribution in [2.45, 2.75) is 0 Å². The van der Waals surface area contributed by atoms with Crippen molar-refractivity contribution in [3.63, 3.8) is 0 Å². The zero-order valence-electron chi connectivity index (χ0n) is 27.2. The Bertz CT molecular complexity index is 2630. The van der Waals surface area contributed by atoms with E-state index in [4.69, 9.17) is 15.0 Å². The van der Waals surface area contributed by atoms with E-state index in [1.54, 1.807) is 0 Å². The van der Waals surface area contributed by atoms with Crippen LogP contribution in [-0.2, 0) is 0 Å². The summed E-state index contributed by atoms with van der Waals surface area (Å²) in [5, 5.41) is 4.72. The molecule has 234 valence electrons. The van der Waals surface area contributed by atoms with Crippen molar-refractivity contribution in [2.75, 3.05) is 0 Å². The molecule has 9 rings (SSSR count). The van der Waals surface area contributed by atoms with E-state index in [0.717, 1.165) is 44.3 Å². The SMILES string of the molecule is c1ccc(-c2ccc3cc(-c4nc(-c5ccccc5)nc(-c5cccc(-c6ccc7ccccc7c6)c5-c5ccccc5)n4)ccc3c2)cc1. The van der Waals surface area contributed by atoms with Crippen LogP contribution in [0.25, 0.3) is 89.1 Å². The molecule has 0 aliphatic heterocycles. The highest BCUT2D eigenvalue weighted by molar-refractivity contribution is 5.97. The van der Waals surface area contributed by atoms with Gasteiger partial charge in [-0.25, -0.2) is 15.0 Å². The Morgan fingerprint density at radius 3 is 1.42 bits per heavy atom. The van der Waals surface area contributed by atoms with Gasteiger partial charge < -0.3 is 0 Å². The molecule has 9 aromatic rings. The maximum absolute atomic E-state index is 5.22. The van der Waals surface area contributed by atoms with Crippen LogP contribution in [0.5, 0.6) is 0 Å². The summed E-state index contributed by atoms with van der Waals surface area (Å²) < 4.78 is 0. The van der Waals surface area contributed by atoms with Crippen LogP contribution in [0.4, 0.5) is 0 Å². The van der Waals surface area contributed by atoms with Crippen LogP contribution < -0.4 is 0 Å². The summed E-state index contributed by atoms with van der Waals surface area (Å²) in [6.45, 7) is 0. The van der Waals surface area contributed by atoms with Gasteiger partial charge in [0.1, 0.15) is 0 Å². The molecule has 0 atom stereocenters. The van der Waals surface area contributed by atoms with Crippen LogP contribution in [0, 0.1) is 0 Å². The molecule has 0 saturated carbocycles. The molecule has 50 heavy (non-hydrogen) atoms. The monoisotopic (exact) mass is 637 g/mol. The Kier molecular flexibility index (Phi) is 7.49. The third-order valence-corrected chi connectivity index (χ3v) is 9.30. The second kappa shape index (κ2) is 12.7. The fraction of sp³-hybridized carbons (Fsp3) is 0. The standard InChI is InChI=1S/C47H31N3/c1-4-13-32(14-5-1)37-24-25-39-31-41(28-26-38(39)29-37)46-48-45(35-18-8-3-9-19-35)49-47(50-46)43-22-12-21-42(44(43)34-16-6-2-7-17-34)40-27-23-33-15-10-11-20-36(33)30-40/h1-31H. The Hall–Kier alpha value is -6.71. The second-order valence-electron chi connectivity index (χ2n) is 12.5. The van der Waals surface area contributed by atoms with Crippen molar-refractivity contribution in [1.29, 1.82) is 0 Å². The molecule has 0 aliphatic rings. The molecule has 8 aromatic carbocycles. The van der Waals surface area contributed by atoms with E-state index < -0.39 is 0 Å². The summed E-state index contributed by atoms with van der Waals surface area (Å²) in [5.41, 5.74) is 9.70. The van der Waals surface area contributed by atoms with E-state index in [0.29, 0.717) is 17.5 Å². The minimum absolute atomic E-state index is 0.634. The average molecular weight is 638 g/mol. The molecule has 0 N–H and O–H groups in total. The van der Waals surface area contributed by atoms with Crippen molar-refractivity contribution in [1.82, 2.24) is 15.0 Å². The van der Waals surface area contributed by atoms with Crippen molar-refractivity contribution < 1.29 is 0 Å². The molecule has 0 spiro atoms. The third-order valence-electron chi connectivity index (χ3n) is 9.30. The number of fused-ring (bicyclic) bond motifs is 2. The first kappa shape index (κ1) is 29.4. The lowest BCUT2D eigenvalue weighted by Crippen LogP contribution is -2.02. The van der Waals surface area contributed by atoms with Crippen LogP contribution in [0.3, 0.4) is 0 Å². The zero-order valence-corrected chi connectivity index (χ0v) is 27.2. The molecule has 1 aromatic heterocycles. The Morgan fingerprint density at radius 1 is 0.240 bits per heavy atom. The van der Waals surface area contributed by atoms with Gasteiger partial charge in [-0.2, -0.15) is 0 Å². The molecule has 1 heterocycles. The van der Waals surface area contributed by atoms with Gasteiger partial charge in [0.25, 0.3) is 0 Å². The van der Waals surface area contributed by atoms with Gasteiger partial charge in [0.2, 0.25) is 0 Å². The van der Waals surface area contributed by atoms with Crippen molar-refractivity contribution in [2.24, 2.45) is 0 Å². The van der Waals surface area contributed by atoms with Crippen molar-refractivity contribution in [3.05, 3.63) is 188 Å². The van der Waals surface area contributed by atoms with Crippen molar-refractivity contribution >= 4 is 21.5 Å². The molecule has 0 aliphatic carbocycles. The number of hydrogen-bond acceptors (Lipinski definition) is 3. The summed E-state index contributed by atoms with van der Waals surface area (Å²) in [6, 6.07) is 65.9. The van der Waals surface area contributed by atoms with Gasteiger partial charge in [0.05, 0.1) is 0 Å². The highest BCUT2D eigenvalue weighted by atomic mass is 15.0. The molecule has 0 unspecified atom stereocenters. The Balaban J connectivity index is 1.24. The quantitative estimate of drug-likeness (QED) is 0.182. The predicted molar refractivity (Wildman–Crippen MR) is 207 cm³/mol. The lowest BCUT2D eigenvalue weighted by Gasteiger charge is -2.17.